The summed E-state index contributed by atoms with van der Waals surface area (Å²) in [6.45, 7) is 22.9. The van der Waals surface area contributed by atoms with Crippen LogP contribution in [0.2, 0.25) is 0 Å². The fraction of sp³-hybridized carbons (Fsp3) is 0.289. The van der Waals surface area contributed by atoms with Crippen LogP contribution < -0.4 is 5.73 Å². The Hall–Kier alpha value is -3.91. The molecule has 0 aliphatic heterocycles. The second-order valence-corrected chi connectivity index (χ2v) is 9.77. The normalized spacial score (nSPS) is 10.8. The molecule has 0 atom stereocenters. The SMILES string of the molecule is C=C.CC(C)=C/C(=C\C(C)=C(/C)C=N)c1ccccc1C.CCc1ccc(CC)cc1.CCc1ccc(N)cc1. The molecule has 2 nitrogen and oxygen atoms in total. The Morgan fingerprint density at radius 2 is 1.10 bits per heavy atom. The molecule has 0 aliphatic rings. The van der Waals surface area contributed by atoms with Gasteiger partial charge in [0.25, 0.3) is 0 Å². The number of allylic oxidation sites excluding steroid dienone is 6. The van der Waals surface area contributed by atoms with Crippen molar-refractivity contribution in [3.05, 3.63) is 143 Å². The smallest absolute Gasteiger partial charge is 0.0314 e. The van der Waals surface area contributed by atoms with Crippen LogP contribution in [0.3, 0.4) is 0 Å². The summed E-state index contributed by atoms with van der Waals surface area (Å²) in [4.78, 5) is 0. The van der Waals surface area contributed by atoms with Gasteiger partial charge in [-0.25, -0.2) is 0 Å². The van der Waals surface area contributed by atoms with E-state index in [1.807, 2.05) is 19.1 Å². The molecule has 0 amide bonds. The number of nitrogens with two attached hydrogens (primary N) is 1. The van der Waals surface area contributed by atoms with E-state index in [9.17, 15) is 0 Å². The van der Waals surface area contributed by atoms with Crippen LogP contribution in [-0.2, 0) is 19.3 Å². The van der Waals surface area contributed by atoms with Crippen LogP contribution in [0.15, 0.2) is 115 Å². The maximum Gasteiger partial charge on any atom is 0.0314 e. The molecule has 0 bridgehead atoms. The standard InChI is InChI=1S/C18H23N.C10H14.C8H11N.C2H4/c1-13(2)10-17(11-15(4)16(5)12-19)18-9-7-6-8-14(18)3;1-3-9-5-7-10(4-2)8-6-9;1-2-7-3-5-8(9)6-4-7;1-2/h6-12,19H,1-5H3;5-8H,3-4H2,1-2H3;3-6H,2,9H2,1H3;1-2H2/b16-15+,17-11+,19-12?;;;. The number of hydrogen-bond donors (Lipinski definition) is 2. The van der Waals surface area contributed by atoms with Gasteiger partial charge in [-0.3, -0.25) is 0 Å². The second kappa shape index (κ2) is 21.0. The summed E-state index contributed by atoms with van der Waals surface area (Å²) in [6.07, 6.45) is 9.14. The lowest BCUT2D eigenvalue weighted by atomic mass is 9.96. The Labute approximate surface area is 245 Å². The molecule has 0 saturated heterocycles. The van der Waals surface area contributed by atoms with Crippen molar-refractivity contribution in [3.8, 4) is 0 Å². The van der Waals surface area contributed by atoms with Crippen LogP contribution in [0.4, 0.5) is 5.69 Å². The molecule has 3 rings (SSSR count). The van der Waals surface area contributed by atoms with E-state index < -0.39 is 0 Å². The first kappa shape index (κ1) is 36.1. The molecule has 40 heavy (non-hydrogen) atoms. The summed E-state index contributed by atoms with van der Waals surface area (Å²) < 4.78 is 0. The minimum Gasteiger partial charge on any atom is -0.399 e. The highest BCUT2D eigenvalue weighted by atomic mass is 14.5. The van der Waals surface area contributed by atoms with E-state index in [2.05, 4.69) is 134 Å². The predicted molar refractivity (Wildman–Crippen MR) is 182 cm³/mol. The van der Waals surface area contributed by atoms with E-state index in [1.165, 1.54) is 45.2 Å². The third-order valence-corrected chi connectivity index (χ3v) is 6.34. The molecule has 0 heterocycles. The van der Waals surface area contributed by atoms with Gasteiger partial charge in [0.2, 0.25) is 0 Å². The topological polar surface area (TPSA) is 49.9 Å². The van der Waals surface area contributed by atoms with E-state index in [4.69, 9.17) is 11.1 Å². The summed E-state index contributed by atoms with van der Waals surface area (Å²) in [5.41, 5.74) is 17.6. The maximum absolute atomic E-state index is 7.34. The lowest BCUT2D eigenvalue weighted by molar-refractivity contribution is 1.10. The lowest BCUT2D eigenvalue weighted by Crippen LogP contribution is -1.89. The van der Waals surface area contributed by atoms with Crippen LogP contribution in [0.5, 0.6) is 0 Å². The van der Waals surface area contributed by atoms with E-state index >= 15 is 0 Å². The first-order valence-corrected chi connectivity index (χ1v) is 14.2. The molecule has 0 fully saturated rings. The molecule has 0 saturated carbocycles. The molecule has 0 radical (unpaired) electrons. The van der Waals surface area contributed by atoms with Gasteiger partial charge < -0.3 is 11.1 Å². The Kier molecular flexibility index (Phi) is 18.9. The van der Waals surface area contributed by atoms with Crippen molar-refractivity contribution in [2.45, 2.75) is 74.7 Å². The predicted octanol–water partition coefficient (Wildman–Crippen LogP) is 10.8. The van der Waals surface area contributed by atoms with Crippen LogP contribution in [-0.4, -0.2) is 6.21 Å². The maximum atomic E-state index is 7.34. The Bertz CT molecular complexity index is 1200. The van der Waals surface area contributed by atoms with Gasteiger partial charge >= 0.3 is 0 Å². The van der Waals surface area contributed by atoms with Crippen LogP contribution in [0.25, 0.3) is 5.57 Å². The second-order valence-electron chi connectivity index (χ2n) is 9.77. The van der Waals surface area contributed by atoms with Gasteiger partial charge in [-0.15, -0.1) is 13.2 Å². The van der Waals surface area contributed by atoms with Gasteiger partial charge in [0, 0.05) is 11.9 Å². The van der Waals surface area contributed by atoms with Gasteiger partial charge in [0.1, 0.15) is 0 Å². The molecular formula is C38H52N2. The highest BCUT2D eigenvalue weighted by Gasteiger charge is 2.03. The molecule has 3 aromatic carbocycles. The summed E-state index contributed by atoms with van der Waals surface area (Å²) in [6, 6.07) is 25.2. The number of aryl methyl sites for hydroxylation is 4. The third kappa shape index (κ3) is 14.3. The monoisotopic (exact) mass is 536 g/mol. The first-order chi connectivity index (χ1) is 19.1. The molecule has 0 spiro atoms. The average Bonchev–Trinajstić information content (AvgIpc) is 2.98. The highest BCUT2D eigenvalue weighted by molar-refractivity contribution is 5.82. The fourth-order valence-corrected chi connectivity index (χ4v) is 3.63. The van der Waals surface area contributed by atoms with Crippen LogP contribution >= 0.6 is 0 Å². The van der Waals surface area contributed by atoms with Gasteiger partial charge in [0.05, 0.1) is 0 Å². The molecule has 0 unspecified atom stereocenters. The number of rotatable bonds is 7. The highest BCUT2D eigenvalue weighted by Crippen LogP contribution is 2.23. The van der Waals surface area contributed by atoms with E-state index in [1.54, 1.807) is 0 Å². The summed E-state index contributed by atoms with van der Waals surface area (Å²) in [7, 11) is 0. The zero-order valence-electron chi connectivity index (χ0n) is 26.3. The minimum absolute atomic E-state index is 0.840. The lowest BCUT2D eigenvalue weighted by Gasteiger charge is -2.09. The molecule has 0 aromatic heterocycles. The number of anilines is 1. The quantitative estimate of drug-likeness (QED) is 0.134. The van der Waals surface area contributed by atoms with Crippen molar-refractivity contribution in [1.29, 1.82) is 5.41 Å². The van der Waals surface area contributed by atoms with E-state index in [0.717, 1.165) is 36.1 Å². The number of benzene rings is 3. The molecule has 0 aliphatic carbocycles. The molecule has 3 aromatic rings. The van der Waals surface area contributed by atoms with E-state index in [0.29, 0.717) is 0 Å². The largest absolute Gasteiger partial charge is 0.399 e. The Balaban J connectivity index is 0.000000606. The zero-order chi connectivity index (χ0) is 30.5. The van der Waals surface area contributed by atoms with Crippen molar-refractivity contribution in [3.63, 3.8) is 0 Å². The van der Waals surface area contributed by atoms with Gasteiger partial charge in [-0.1, -0.05) is 99.2 Å². The molecule has 214 valence electrons. The molecule has 2 heteroatoms. The van der Waals surface area contributed by atoms with Crippen molar-refractivity contribution < 1.29 is 0 Å². The van der Waals surface area contributed by atoms with Crippen molar-refractivity contribution in [2.24, 2.45) is 0 Å². The summed E-state index contributed by atoms with van der Waals surface area (Å²) in [5.74, 6) is 0. The number of nitrogens with one attached hydrogen (secondary N) is 1. The summed E-state index contributed by atoms with van der Waals surface area (Å²) >= 11 is 0. The minimum atomic E-state index is 0.840. The van der Waals surface area contributed by atoms with Crippen molar-refractivity contribution in [1.82, 2.24) is 0 Å². The Morgan fingerprint density at radius 1 is 0.675 bits per heavy atom. The van der Waals surface area contributed by atoms with Gasteiger partial charge in [0.15, 0.2) is 0 Å². The van der Waals surface area contributed by atoms with Gasteiger partial charge in [-0.2, -0.15) is 0 Å². The van der Waals surface area contributed by atoms with Crippen molar-refractivity contribution in [2.75, 3.05) is 5.73 Å². The van der Waals surface area contributed by atoms with Gasteiger partial charge in [-0.05, 0) is 111 Å². The number of hydrogen-bond acceptors (Lipinski definition) is 2. The summed E-state index contributed by atoms with van der Waals surface area (Å²) in [5, 5.41) is 7.34. The van der Waals surface area contributed by atoms with Crippen LogP contribution in [0, 0.1) is 12.3 Å². The van der Waals surface area contributed by atoms with Crippen LogP contribution in [0.1, 0.15) is 76.3 Å². The van der Waals surface area contributed by atoms with Crippen molar-refractivity contribution >= 4 is 17.5 Å². The average molecular weight is 537 g/mol. The third-order valence-electron chi connectivity index (χ3n) is 6.34. The molecular weight excluding hydrogens is 484 g/mol. The number of nitrogen functional groups attached to an aromatic ring is 1. The van der Waals surface area contributed by atoms with E-state index in [-0.39, 0.29) is 0 Å². The first-order valence-electron chi connectivity index (χ1n) is 14.2. The Morgan fingerprint density at radius 3 is 1.48 bits per heavy atom. The fourth-order valence-electron chi connectivity index (χ4n) is 3.63. The zero-order valence-corrected chi connectivity index (χ0v) is 26.3. The molecule has 3 N–H and O–H groups in total.